The molecule has 1 aliphatic heterocycles. The van der Waals surface area contributed by atoms with E-state index in [1.165, 1.54) is 0 Å². The molecule has 3 N–H and O–H groups in total. The minimum Gasteiger partial charge on any atom is -0.396 e. The van der Waals surface area contributed by atoms with Crippen molar-refractivity contribution in [3.63, 3.8) is 0 Å². The Morgan fingerprint density at radius 1 is 1.50 bits per heavy atom. The maximum absolute atomic E-state index is 10.1. The number of nitrogens with two attached hydrogens (primary N) is 1. The van der Waals surface area contributed by atoms with Gasteiger partial charge >= 0.3 is 0 Å². The summed E-state index contributed by atoms with van der Waals surface area (Å²) in [4.78, 5) is 4.65. The molecule has 6 heteroatoms. The Kier molecular flexibility index (Phi) is 4.21. The monoisotopic (exact) mass is 253 g/mol. The lowest BCUT2D eigenvalue weighted by Gasteiger charge is -2.39. The molecule has 0 spiro atoms. The van der Waals surface area contributed by atoms with Crippen LogP contribution in [0, 0.1) is 0 Å². The van der Waals surface area contributed by atoms with Gasteiger partial charge < -0.3 is 15.7 Å². The molecule has 0 radical (unpaired) electrons. The zero-order valence-corrected chi connectivity index (χ0v) is 11.2. The zero-order chi connectivity index (χ0) is 13.1. The van der Waals surface area contributed by atoms with Crippen LogP contribution in [0.4, 0.5) is 5.69 Å². The van der Waals surface area contributed by atoms with E-state index in [0.29, 0.717) is 24.8 Å². The number of likely N-dealkylation sites (N-methyl/N-ethyl adjacent to an activating group) is 1. The van der Waals surface area contributed by atoms with Gasteiger partial charge in [0.25, 0.3) is 0 Å². The van der Waals surface area contributed by atoms with E-state index in [1.54, 1.807) is 17.1 Å². The van der Waals surface area contributed by atoms with Gasteiger partial charge in [0.1, 0.15) is 0 Å². The Morgan fingerprint density at radius 3 is 2.89 bits per heavy atom. The summed E-state index contributed by atoms with van der Waals surface area (Å²) in [5, 5.41) is 14.2. The normalized spacial score (nSPS) is 24.3. The lowest BCUT2D eigenvalue weighted by atomic mass is 10.2. The van der Waals surface area contributed by atoms with E-state index in [9.17, 15) is 5.11 Å². The quantitative estimate of drug-likeness (QED) is 0.754. The van der Waals surface area contributed by atoms with Crippen LogP contribution in [0.25, 0.3) is 0 Å². The fourth-order valence-electron chi connectivity index (χ4n) is 2.47. The summed E-state index contributed by atoms with van der Waals surface area (Å²) in [6.45, 7) is 6.52. The van der Waals surface area contributed by atoms with Crippen LogP contribution in [0.3, 0.4) is 0 Å². The highest BCUT2D eigenvalue weighted by Gasteiger charge is 2.23. The molecule has 0 amide bonds. The van der Waals surface area contributed by atoms with Gasteiger partial charge in [-0.15, -0.1) is 0 Å². The average Bonchev–Trinajstić information content (AvgIpc) is 2.68. The Morgan fingerprint density at radius 2 is 2.28 bits per heavy atom. The Balaban J connectivity index is 1.82. The molecule has 1 fully saturated rings. The van der Waals surface area contributed by atoms with Gasteiger partial charge in [0, 0.05) is 38.4 Å². The molecule has 2 heterocycles. The number of hydrogen-bond acceptors (Lipinski definition) is 5. The lowest BCUT2D eigenvalue weighted by molar-refractivity contribution is 0.0398. The summed E-state index contributed by atoms with van der Waals surface area (Å²) >= 11 is 0. The van der Waals surface area contributed by atoms with Crippen LogP contribution in [0.5, 0.6) is 0 Å². The number of nitrogen functional groups attached to an aromatic ring is 1. The van der Waals surface area contributed by atoms with Gasteiger partial charge in [0.2, 0.25) is 0 Å². The minimum atomic E-state index is -0.407. The van der Waals surface area contributed by atoms with Gasteiger partial charge in [-0.2, -0.15) is 5.10 Å². The standard InChI is InChI=1S/C12H23N5O/c1-10-6-15(2)3-4-16(10)8-12(18)9-17-7-11(13)5-14-17/h5,7,10,12,18H,3-4,6,8-9,13H2,1-2H3. The van der Waals surface area contributed by atoms with Crippen LogP contribution in [0.15, 0.2) is 12.4 Å². The van der Waals surface area contributed by atoms with Crippen LogP contribution in [-0.4, -0.2) is 70.1 Å². The van der Waals surface area contributed by atoms with Crippen molar-refractivity contribution in [3.05, 3.63) is 12.4 Å². The summed E-state index contributed by atoms with van der Waals surface area (Å²) in [7, 11) is 2.14. The third kappa shape index (κ3) is 3.44. The van der Waals surface area contributed by atoms with Crippen molar-refractivity contribution >= 4 is 5.69 Å². The lowest BCUT2D eigenvalue weighted by Crippen LogP contribution is -2.52. The predicted molar refractivity (Wildman–Crippen MR) is 71.2 cm³/mol. The first-order chi connectivity index (χ1) is 8.54. The van der Waals surface area contributed by atoms with Gasteiger partial charge in [-0.3, -0.25) is 9.58 Å². The molecule has 2 atom stereocenters. The molecule has 0 aromatic carbocycles. The fourth-order valence-corrected chi connectivity index (χ4v) is 2.47. The maximum atomic E-state index is 10.1. The van der Waals surface area contributed by atoms with Gasteiger partial charge in [-0.05, 0) is 14.0 Å². The first-order valence-corrected chi connectivity index (χ1v) is 6.43. The molecular formula is C12H23N5O. The first-order valence-electron chi connectivity index (χ1n) is 6.43. The smallest absolute Gasteiger partial charge is 0.0862 e. The van der Waals surface area contributed by atoms with Crippen molar-refractivity contribution in [2.24, 2.45) is 0 Å². The third-order valence-corrected chi connectivity index (χ3v) is 3.46. The van der Waals surface area contributed by atoms with Crippen LogP contribution in [-0.2, 0) is 6.54 Å². The molecule has 0 bridgehead atoms. The Bertz CT molecular complexity index is 380. The number of piperazine rings is 1. The summed E-state index contributed by atoms with van der Waals surface area (Å²) in [5.74, 6) is 0. The number of nitrogens with zero attached hydrogens (tertiary/aromatic N) is 4. The predicted octanol–water partition coefficient (Wildman–Crippen LogP) is -0.538. The first kappa shape index (κ1) is 13.3. The number of rotatable bonds is 4. The van der Waals surface area contributed by atoms with Crippen molar-refractivity contribution in [3.8, 4) is 0 Å². The molecule has 1 aromatic heterocycles. The van der Waals surface area contributed by atoms with E-state index >= 15 is 0 Å². The van der Waals surface area contributed by atoms with E-state index in [0.717, 1.165) is 19.6 Å². The SMILES string of the molecule is CC1CN(C)CCN1CC(O)Cn1cc(N)cn1. The van der Waals surface area contributed by atoms with E-state index in [-0.39, 0.29) is 0 Å². The van der Waals surface area contributed by atoms with Crippen molar-refractivity contribution in [1.82, 2.24) is 19.6 Å². The number of anilines is 1. The molecule has 0 saturated carbocycles. The van der Waals surface area contributed by atoms with Gasteiger partial charge in [0.15, 0.2) is 0 Å². The van der Waals surface area contributed by atoms with E-state index in [4.69, 9.17) is 5.73 Å². The molecular weight excluding hydrogens is 230 g/mol. The van der Waals surface area contributed by atoms with Crippen molar-refractivity contribution in [2.45, 2.75) is 25.6 Å². The van der Waals surface area contributed by atoms with E-state index in [2.05, 4.69) is 28.9 Å². The highest BCUT2D eigenvalue weighted by Crippen LogP contribution is 2.09. The number of β-amino-alcohol motifs (C(OH)–C–C–N with tert-alkyl or cyclic N) is 1. The molecule has 6 nitrogen and oxygen atoms in total. The van der Waals surface area contributed by atoms with Gasteiger partial charge in [-0.1, -0.05) is 0 Å². The maximum Gasteiger partial charge on any atom is 0.0862 e. The van der Waals surface area contributed by atoms with Crippen LogP contribution >= 0.6 is 0 Å². The molecule has 18 heavy (non-hydrogen) atoms. The fraction of sp³-hybridized carbons (Fsp3) is 0.750. The molecule has 0 aliphatic carbocycles. The second-order valence-corrected chi connectivity index (χ2v) is 5.26. The van der Waals surface area contributed by atoms with Crippen LogP contribution in [0.1, 0.15) is 6.92 Å². The summed E-state index contributed by atoms with van der Waals surface area (Å²) < 4.78 is 1.70. The summed E-state index contributed by atoms with van der Waals surface area (Å²) in [5.41, 5.74) is 6.23. The van der Waals surface area contributed by atoms with E-state index < -0.39 is 6.10 Å². The molecule has 2 unspecified atom stereocenters. The highest BCUT2D eigenvalue weighted by atomic mass is 16.3. The van der Waals surface area contributed by atoms with Gasteiger partial charge in [-0.25, -0.2) is 0 Å². The zero-order valence-electron chi connectivity index (χ0n) is 11.2. The average molecular weight is 253 g/mol. The number of aliphatic hydroxyl groups is 1. The second kappa shape index (κ2) is 5.69. The topological polar surface area (TPSA) is 70.5 Å². The molecule has 2 rings (SSSR count). The van der Waals surface area contributed by atoms with Crippen molar-refractivity contribution in [2.75, 3.05) is 39.0 Å². The molecule has 1 saturated heterocycles. The van der Waals surface area contributed by atoms with Gasteiger partial charge in [0.05, 0.1) is 24.5 Å². The minimum absolute atomic E-state index is 0.407. The van der Waals surface area contributed by atoms with Crippen molar-refractivity contribution in [1.29, 1.82) is 0 Å². The van der Waals surface area contributed by atoms with Crippen molar-refractivity contribution < 1.29 is 5.11 Å². The summed E-state index contributed by atoms with van der Waals surface area (Å²) in [6.07, 6.45) is 2.94. The molecule has 102 valence electrons. The molecule has 1 aromatic rings. The largest absolute Gasteiger partial charge is 0.396 e. The second-order valence-electron chi connectivity index (χ2n) is 5.26. The van der Waals surface area contributed by atoms with Crippen LogP contribution < -0.4 is 5.73 Å². The highest BCUT2D eigenvalue weighted by molar-refractivity contribution is 5.30. The Labute approximate surface area is 108 Å². The number of aliphatic hydroxyl groups excluding tert-OH is 1. The van der Waals surface area contributed by atoms with E-state index in [1.807, 2.05) is 0 Å². The van der Waals surface area contributed by atoms with Crippen LogP contribution in [0.2, 0.25) is 0 Å². The number of hydrogen-bond donors (Lipinski definition) is 2. The Hall–Kier alpha value is -1.11. The third-order valence-electron chi connectivity index (χ3n) is 3.46. The number of aromatic nitrogens is 2. The molecule has 1 aliphatic rings. The summed E-state index contributed by atoms with van der Waals surface area (Å²) in [6, 6.07) is 0.487.